The highest BCUT2D eigenvalue weighted by atomic mass is 35.5. The molecule has 0 atom stereocenters. The van der Waals surface area contributed by atoms with Gasteiger partial charge in [0.15, 0.2) is 0 Å². The highest BCUT2D eigenvalue weighted by Crippen LogP contribution is 2.10. The molecule has 0 radical (unpaired) electrons. The topological polar surface area (TPSA) is 83.2 Å². The van der Waals surface area contributed by atoms with Gasteiger partial charge >= 0.3 is 11.7 Å². The molecule has 1 aromatic carbocycles. The van der Waals surface area contributed by atoms with Gasteiger partial charge in [-0.15, -0.1) is 0 Å². The van der Waals surface area contributed by atoms with E-state index in [0.29, 0.717) is 5.02 Å². The van der Waals surface area contributed by atoms with Gasteiger partial charge in [0.25, 0.3) is 5.56 Å². The Bertz CT molecular complexity index is 793. The number of ether oxygens (including phenoxy) is 1. The lowest BCUT2D eigenvalue weighted by atomic mass is 10.3. The maximum atomic E-state index is 12.3. The average Bonchev–Trinajstić information content (AvgIpc) is 2.45. The van der Waals surface area contributed by atoms with Gasteiger partial charge in [0, 0.05) is 12.1 Å². The molecule has 1 heterocycles. The first-order valence-electron chi connectivity index (χ1n) is 6.09. The summed E-state index contributed by atoms with van der Waals surface area (Å²) in [5, 5.41) is 4.13. The Morgan fingerprint density at radius 2 is 1.90 bits per heavy atom. The number of halogens is 1. The van der Waals surface area contributed by atoms with E-state index in [-0.39, 0.29) is 12.3 Å². The molecule has 110 valence electrons. The van der Waals surface area contributed by atoms with E-state index in [9.17, 15) is 14.4 Å². The summed E-state index contributed by atoms with van der Waals surface area (Å²) < 4.78 is 6.51. The quantitative estimate of drug-likeness (QED) is 0.782. The normalized spacial score (nSPS) is 10.4. The summed E-state index contributed by atoms with van der Waals surface area (Å²) in [6, 6.07) is 6.07. The molecule has 0 N–H and O–H groups in total. The zero-order valence-corrected chi connectivity index (χ0v) is 12.1. The van der Waals surface area contributed by atoms with Crippen LogP contribution in [0.1, 0.15) is 17.4 Å². The summed E-state index contributed by atoms with van der Waals surface area (Å²) in [5.41, 5.74) is -1.67. The molecule has 0 aliphatic rings. The summed E-state index contributed by atoms with van der Waals surface area (Å²) in [6.45, 7) is 1.71. The van der Waals surface area contributed by atoms with Crippen LogP contribution >= 0.6 is 11.6 Å². The Hall–Kier alpha value is -2.41. The highest BCUT2D eigenvalue weighted by molar-refractivity contribution is 6.30. The molecule has 21 heavy (non-hydrogen) atoms. The molecule has 0 fully saturated rings. The van der Waals surface area contributed by atoms with Crippen molar-refractivity contribution in [2.45, 2.75) is 6.92 Å². The van der Waals surface area contributed by atoms with Gasteiger partial charge in [-0.2, -0.15) is 5.10 Å². The van der Waals surface area contributed by atoms with Crippen molar-refractivity contribution in [2.75, 3.05) is 6.61 Å². The average molecular weight is 310 g/mol. The summed E-state index contributed by atoms with van der Waals surface area (Å²) >= 11 is 5.78. The predicted octanol–water partition coefficient (Wildman–Crippen LogP) is 0.761. The Morgan fingerprint density at radius 1 is 1.29 bits per heavy atom. The highest BCUT2D eigenvalue weighted by Gasteiger charge is 2.20. The third-order valence-corrected chi connectivity index (χ3v) is 2.93. The van der Waals surface area contributed by atoms with Crippen LogP contribution in [-0.2, 0) is 11.8 Å². The van der Waals surface area contributed by atoms with Crippen LogP contribution in [0.5, 0.6) is 0 Å². The third-order valence-electron chi connectivity index (χ3n) is 2.68. The van der Waals surface area contributed by atoms with Gasteiger partial charge in [0.2, 0.25) is 5.69 Å². The first kappa shape index (κ1) is 15.0. The monoisotopic (exact) mass is 309 g/mol. The van der Waals surface area contributed by atoms with Gasteiger partial charge in [-0.05, 0) is 31.2 Å². The second-order valence-corrected chi connectivity index (χ2v) is 4.53. The van der Waals surface area contributed by atoms with Crippen LogP contribution in [0.3, 0.4) is 0 Å². The zero-order valence-electron chi connectivity index (χ0n) is 11.4. The molecular weight excluding hydrogens is 298 g/mol. The fourth-order valence-electron chi connectivity index (χ4n) is 1.72. The van der Waals surface area contributed by atoms with E-state index in [1.54, 1.807) is 6.92 Å². The lowest BCUT2D eigenvalue weighted by Gasteiger charge is -2.08. The molecule has 0 saturated heterocycles. The molecule has 0 aliphatic heterocycles. The Kier molecular flexibility index (Phi) is 4.23. The molecule has 7 nitrogen and oxygen atoms in total. The van der Waals surface area contributed by atoms with E-state index in [1.807, 2.05) is 0 Å². The van der Waals surface area contributed by atoms with Crippen molar-refractivity contribution in [2.24, 2.45) is 7.05 Å². The van der Waals surface area contributed by atoms with Crippen LogP contribution in [0.25, 0.3) is 5.69 Å². The second-order valence-electron chi connectivity index (χ2n) is 4.09. The van der Waals surface area contributed by atoms with Crippen molar-refractivity contribution >= 4 is 17.6 Å². The molecule has 8 heteroatoms. The first-order chi connectivity index (χ1) is 9.95. The van der Waals surface area contributed by atoms with Crippen LogP contribution < -0.4 is 11.2 Å². The number of esters is 1. The van der Waals surface area contributed by atoms with Crippen LogP contribution in [-0.4, -0.2) is 26.9 Å². The Balaban J connectivity index is 2.71. The second kappa shape index (κ2) is 5.92. The third kappa shape index (κ3) is 2.87. The van der Waals surface area contributed by atoms with Gasteiger partial charge in [-0.3, -0.25) is 4.79 Å². The van der Waals surface area contributed by atoms with Crippen LogP contribution in [0, 0.1) is 0 Å². The molecule has 0 bridgehead atoms. The lowest BCUT2D eigenvalue weighted by Crippen LogP contribution is -2.43. The van der Waals surface area contributed by atoms with E-state index in [0.717, 1.165) is 9.25 Å². The number of carbonyl (C=O) groups excluding carboxylic acids is 1. The summed E-state index contributed by atoms with van der Waals surface area (Å²) in [4.78, 5) is 36.1. The zero-order chi connectivity index (χ0) is 15.6. The minimum absolute atomic E-state index is 0.101. The van der Waals surface area contributed by atoms with Gasteiger partial charge in [0.1, 0.15) is 0 Å². The predicted molar refractivity (Wildman–Crippen MR) is 76.0 cm³/mol. The summed E-state index contributed by atoms with van der Waals surface area (Å²) in [5.74, 6) is -0.874. The molecular formula is C13H12ClN3O4. The molecule has 2 aromatic rings. The minimum Gasteiger partial charge on any atom is -0.461 e. The maximum absolute atomic E-state index is 12.3. The van der Waals surface area contributed by atoms with Gasteiger partial charge in [-0.25, -0.2) is 18.8 Å². The molecule has 0 unspecified atom stereocenters. The molecule has 2 rings (SSSR count). The number of benzene rings is 1. The fourth-order valence-corrected chi connectivity index (χ4v) is 1.84. The molecule has 1 aromatic heterocycles. The maximum Gasteiger partial charge on any atom is 0.364 e. The number of hydrogen-bond acceptors (Lipinski definition) is 5. The van der Waals surface area contributed by atoms with Gasteiger partial charge < -0.3 is 4.74 Å². The van der Waals surface area contributed by atoms with E-state index >= 15 is 0 Å². The lowest BCUT2D eigenvalue weighted by molar-refractivity contribution is 0.0513. The smallest absolute Gasteiger partial charge is 0.364 e. The summed E-state index contributed by atoms with van der Waals surface area (Å²) in [7, 11) is 1.34. The van der Waals surface area contributed by atoms with Gasteiger partial charge in [0.05, 0.1) is 12.3 Å². The number of carbonyl (C=O) groups is 1. The molecule has 0 saturated carbocycles. The van der Waals surface area contributed by atoms with Crippen LogP contribution in [0.15, 0.2) is 33.9 Å². The van der Waals surface area contributed by atoms with E-state index in [1.165, 1.54) is 31.3 Å². The van der Waals surface area contributed by atoms with E-state index in [4.69, 9.17) is 16.3 Å². The van der Waals surface area contributed by atoms with E-state index in [2.05, 4.69) is 5.10 Å². The van der Waals surface area contributed by atoms with Crippen molar-refractivity contribution < 1.29 is 9.53 Å². The standard InChI is InChI=1S/C13H12ClN3O4/c1-3-21-12(19)10-11(18)17(13(20)16(2)15-10)9-6-4-8(14)5-7-9/h4-7H,3H2,1-2H3. The van der Waals surface area contributed by atoms with Gasteiger partial charge in [-0.1, -0.05) is 11.6 Å². The SMILES string of the molecule is CCOC(=O)c1nn(C)c(=O)n(-c2ccc(Cl)cc2)c1=O. The van der Waals surface area contributed by atoms with Crippen molar-refractivity contribution in [1.29, 1.82) is 0 Å². The Morgan fingerprint density at radius 3 is 2.48 bits per heavy atom. The fraction of sp³-hybridized carbons (Fsp3) is 0.231. The number of nitrogens with zero attached hydrogens (tertiary/aromatic N) is 3. The molecule has 0 aliphatic carbocycles. The van der Waals surface area contributed by atoms with Crippen molar-refractivity contribution in [1.82, 2.24) is 14.3 Å². The number of aromatic nitrogens is 3. The summed E-state index contributed by atoms with van der Waals surface area (Å²) in [6.07, 6.45) is 0. The number of rotatable bonds is 3. The number of hydrogen-bond donors (Lipinski definition) is 0. The molecule has 0 amide bonds. The first-order valence-corrected chi connectivity index (χ1v) is 6.47. The minimum atomic E-state index is -0.874. The van der Waals surface area contributed by atoms with E-state index < -0.39 is 22.9 Å². The van der Waals surface area contributed by atoms with Crippen LogP contribution in [0.4, 0.5) is 0 Å². The Labute approximate surface area is 124 Å². The van der Waals surface area contributed by atoms with Crippen molar-refractivity contribution in [3.05, 3.63) is 55.8 Å². The van der Waals surface area contributed by atoms with Crippen molar-refractivity contribution in [3.8, 4) is 5.69 Å². The number of aryl methyl sites for hydroxylation is 1. The molecule has 0 spiro atoms. The van der Waals surface area contributed by atoms with Crippen LogP contribution in [0.2, 0.25) is 5.02 Å². The largest absolute Gasteiger partial charge is 0.461 e. The van der Waals surface area contributed by atoms with Crippen molar-refractivity contribution in [3.63, 3.8) is 0 Å².